The van der Waals surface area contributed by atoms with Crippen LogP contribution in [0, 0.1) is 0 Å². The Morgan fingerprint density at radius 2 is 1.81 bits per heavy atom. The van der Waals surface area contributed by atoms with Crippen LogP contribution in [0.15, 0.2) is 52.2 Å². The number of nitrogens with two attached hydrogens (primary N) is 1. The monoisotopic (exact) mass is 374 g/mol. The average molecular weight is 374 g/mol. The summed E-state index contributed by atoms with van der Waals surface area (Å²) in [6.45, 7) is 0. The maximum atomic E-state index is 13.4. The van der Waals surface area contributed by atoms with Crippen molar-refractivity contribution in [1.82, 2.24) is 4.98 Å². The lowest BCUT2D eigenvalue weighted by molar-refractivity contribution is 0.594. The van der Waals surface area contributed by atoms with Crippen LogP contribution in [0.5, 0.6) is 0 Å². The summed E-state index contributed by atoms with van der Waals surface area (Å²) in [5.74, 6) is -0.350. The predicted octanol–water partition coefficient (Wildman–Crippen LogP) is 3.72. The van der Waals surface area contributed by atoms with Gasteiger partial charge < -0.3 is 10.7 Å². The molecule has 4 nitrogen and oxygen atoms in total. The number of sulfone groups is 1. The number of aromatic nitrogens is 1. The topological polar surface area (TPSA) is 76.0 Å². The van der Waals surface area contributed by atoms with E-state index in [4.69, 9.17) is 0 Å². The number of fused-ring (bicyclic) bond motifs is 2. The summed E-state index contributed by atoms with van der Waals surface area (Å²) >= 11 is 0. The van der Waals surface area contributed by atoms with E-state index >= 15 is 0 Å². The van der Waals surface area contributed by atoms with E-state index in [1.54, 1.807) is 12.1 Å². The summed E-state index contributed by atoms with van der Waals surface area (Å²) in [5.41, 5.74) is 8.16. The number of aryl methyl sites for hydroxylation is 2. The van der Waals surface area contributed by atoms with Gasteiger partial charge in [-0.1, -0.05) is 6.07 Å². The van der Waals surface area contributed by atoms with Gasteiger partial charge in [-0.2, -0.15) is 0 Å². The van der Waals surface area contributed by atoms with Crippen LogP contribution >= 0.6 is 0 Å². The fraction of sp³-hybridized carbons (Fsp3) is 0.300. The molecule has 0 saturated carbocycles. The van der Waals surface area contributed by atoms with Gasteiger partial charge in [0.2, 0.25) is 9.84 Å². The van der Waals surface area contributed by atoms with Gasteiger partial charge in [-0.05, 0) is 86.2 Å². The molecule has 0 aliphatic heterocycles. The Bertz CT molecular complexity index is 972. The zero-order valence-electron chi connectivity index (χ0n) is 14.8. The van der Waals surface area contributed by atoms with E-state index in [0.717, 1.165) is 31.2 Å². The minimum Gasteiger partial charge on any atom is -0.360 e. The van der Waals surface area contributed by atoms with E-state index in [-0.39, 0.29) is 17.1 Å². The number of halogens is 1. The van der Waals surface area contributed by atoms with Crippen LogP contribution in [-0.4, -0.2) is 20.4 Å². The second-order valence-corrected chi connectivity index (χ2v) is 8.23. The van der Waals surface area contributed by atoms with E-state index in [0.29, 0.717) is 16.2 Å². The molecular formula is C20H23FN2O2S. The first-order valence-corrected chi connectivity index (χ1v) is 10.2. The summed E-state index contributed by atoms with van der Waals surface area (Å²) < 4.78 is 39.6. The molecule has 1 heterocycles. The Kier molecular flexibility index (Phi) is 5.44. The molecule has 0 spiro atoms. The van der Waals surface area contributed by atoms with Gasteiger partial charge in [-0.3, -0.25) is 0 Å². The van der Waals surface area contributed by atoms with E-state index in [2.05, 4.69) is 10.7 Å². The molecule has 3 N–H and O–H groups in total. The SMILES string of the molecule is CN.O=S(=O)(c1ccc2c(c1)CCCC2)c1c[nH]c2c1CC=C(F)C=C2. The fourth-order valence-corrected chi connectivity index (χ4v) is 5.01. The standard InChI is InChI=1S/C19H18FNO2S.CH5N/c20-15-6-9-17-18(10-7-15)21-12-19(17)24(22,23)16-8-5-13-3-1-2-4-14(13)11-16;1-2/h5-8,10-12,21H,1-4,9H2;2H2,1H3. The van der Waals surface area contributed by atoms with Crippen molar-refractivity contribution in [2.45, 2.75) is 41.9 Å². The molecule has 2 aliphatic carbocycles. The average Bonchev–Trinajstić information content (AvgIpc) is 3.01. The minimum absolute atomic E-state index is 0.240. The molecule has 0 saturated heterocycles. The van der Waals surface area contributed by atoms with Gasteiger partial charge in [0.15, 0.2) is 0 Å². The summed E-state index contributed by atoms with van der Waals surface area (Å²) in [6, 6.07) is 5.44. The zero-order chi connectivity index (χ0) is 18.7. The van der Waals surface area contributed by atoms with E-state index in [1.807, 2.05) is 12.1 Å². The van der Waals surface area contributed by atoms with Crippen LogP contribution in [0.4, 0.5) is 4.39 Å². The Balaban J connectivity index is 0.000000948. The highest BCUT2D eigenvalue weighted by molar-refractivity contribution is 7.91. The second kappa shape index (κ2) is 7.60. The van der Waals surface area contributed by atoms with Crippen LogP contribution in [0.25, 0.3) is 6.08 Å². The maximum absolute atomic E-state index is 13.4. The molecule has 2 aromatic rings. The van der Waals surface area contributed by atoms with Gasteiger partial charge >= 0.3 is 0 Å². The molecule has 138 valence electrons. The van der Waals surface area contributed by atoms with Gasteiger partial charge in [0.1, 0.15) is 5.83 Å². The molecule has 2 aliphatic rings. The fourth-order valence-electron chi connectivity index (χ4n) is 3.48. The molecule has 0 amide bonds. The van der Waals surface area contributed by atoms with Gasteiger partial charge in [0, 0.05) is 11.9 Å². The second-order valence-electron chi connectivity index (χ2n) is 6.31. The van der Waals surface area contributed by atoms with Crippen molar-refractivity contribution in [3.63, 3.8) is 0 Å². The molecule has 0 unspecified atom stereocenters. The molecule has 0 bridgehead atoms. The third-order valence-corrected chi connectivity index (χ3v) is 6.63. The molecule has 4 rings (SSSR count). The number of benzene rings is 1. The number of nitrogens with one attached hydrogen (secondary N) is 1. The highest BCUT2D eigenvalue weighted by Gasteiger charge is 2.25. The van der Waals surface area contributed by atoms with E-state index in [9.17, 15) is 12.8 Å². The molecule has 26 heavy (non-hydrogen) atoms. The Morgan fingerprint density at radius 1 is 1.08 bits per heavy atom. The molecule has 0 radical (unpaired) electrons. The van der Waals surface area contributed by atoms with Crippen LogP contribution < -0.4 is 5.73 Å². The predicted molar refractivity (Wildman–Crippen MR) is 101 cm³/mol. The van der Waals surface area contributed by atoms with Crippen molar-refractivity contribution < 1.29 is 12.8 Å². The maximum Gasteiger partial charge on any atom is 0.208 e. The zero-order valence-corrected chi connectivity index (χ0v) is 15.6. The van der Waals surface area contributed by atoms with Gasteiger partial charge in [-0.25, -0.2) is 12.8 Å². The van der Waals surface area contributed by atoms with Crippen LogP contribution in [0.1, 0.15) is 35.2 Å². The quantitative estimate of drug-likeness (QED) is 0.841. The number of H-pyrrole nitrogens is 1. The number of hydrogen-bond acceptors (Lipinski definition) is 3. The van der Waals surface area contributed by atoms with E-state index in [1.165, 1.54) is 31.0 Å². The number of rotatable bonds is 2. The first-order valence-electron chi connectivity index (χ1n) is 8.74. The van der Waals surface area contributed by atoms with Crippen LogP contribution in [0.3, 0.4) is 0 Å². The van der Waals surface area contributed by atoms with Crippen molar-refractivity contribution >= 4 is 15.9 Å². The van der Waals surface area contributed by atoms with Crippen molar-refractivity contribution in [2.75, 3.05) is 7.05 Å². The highest BCUT2D eigenvalue weighted by Crippen LogP contribution is 2.32. The summed E-state index contributed by atoms with van der Waals surface area (Å²) in [5, 5.41) is 0. The minimum atomic E-state index is -3.62. The number of hydrogen-bond donors (Lipinski definition) is 2. The van der Waals surface area contributed by atoms with Crippen LogP contribution in [-0.2, 0) is 29.1 Å². The van der Waals surface area contributed by atoms with Gasteiger partial charge in [0.05, 0.1) is 9.79 Å². The highest BCUT2D eigenvalue weighted by atomic mass is 32.2. The van der Waals surface area contributed by atoms with Crippen molar-refractivity contribution in [3.05, 3.63) is 64.8 Å². The molecule has 0 atom stereocenters. The van der Waals surface area contributed by atoms with Crippen molar-refractivity contribution in [3.8, 4) is 0 Å². The van der Waals surface area contributed by atoms with Crippen molar-refractivity contribution in [1.29, 1.82) is 0 Å². The van der Waals surface area contributed by atoms with Crippen molar-refractivity contribution in [2.24, 2.45) is 5.73 Å². The molecule has 6 heteroatoms. The lowest BCUT2D eigenvalue weighted by Crippen LogP contribution is -2.08. The number of allylic oxidation sites excluding steroid dienone is 3. The molecular weight excluding hydrogens is 351 g/mol. The lowest BCUT2D eigenvalue weighted by Gasteiger charge is -2.16. The Morgan fingerprint density at radius 3 is 2.58 bits per heavy atom. The summed E-state index contributed by atoms with van der Waals surface area (Å²) in [4.78, 5) is 3.52. The molecule has 0 fully saturated rings. The van der Waals surface area contributed by atoms with Gasteiger partial charge in [-0.15, -0.1) is 0 Å². The van der Waals surface area contributed by atoms with E-state index < -0.39 is 9.84 Å². The van der Waals surface area contributed by atoms with Gasteiger partial charge in [0.25, 0.3) is 0 Å². The Labute approximate surface area is 153 Å². The lowest BCUT2D eigenvalue weighted by atomic mass is 9.92. The molecule has 1 aromatic heterocycles. The normalized spacial score (nSPS) is 15.9. The largest absolute Gasteiger partial charge is 0.360 e. The third kappa shape index (κ3) is 3.39. The van der Waals surface area contributed by atoms with Crippen LogP contribution in [0.2, 0.25) is 0 Å². The number of aromatic amines is 1. The summed E-state index contributed by atoms with van der Waals surface area (Å²) in [7, 11) is -2.12. The Hall–Kier alpha value is -2.18. The summed E-state index contributed by atoms with van der Waals surface area (Å²) in [6.07, 6.45) is 10.3. The molecule has 1 aromatic carbocycles. The smallest absolute Gasteiger partial charge is 0.208 e. The third-order valence-electron chi connectivity index (χ3n) is 4.81. The first kappa shape index (κ1) is 18.6. The first-order chi connectivity index (χ1) is 12.6.